The van der Waals surface area contributed by atoms with E-state index in [2.05, 4.69) is 13.8 Å². The molecule has 2 nitrogen and oxygen atoms in total. The first-order chi connectivity index (χ1) is 6.02. The van der Waals surface area contributed by atoms with E-state index in [0.717, 1.165) is 0 Å². The van der Waals surface area contributed by atoms with Crippen LogP contribution in [0.5, 0.6) is 0 Å². The fourth-order valence-electron chi connectivity index (χ4n) is 2.65. The largest absolute Gasteiger partial charge is 0.389 e. The Morgan fingerprint density at radius 1 is 1.15 bits per heavy atom. The zero-order valence-corrected chi connectivity index (χ0v) is 8.71. The smallest absolute Gasteiger partial charge is 0.0766 e. The third-order valence-electron chi connectivity index (χ3n) is 3.99. The molecule has 2 saturated carbocycles. The van der Waals surface area contributed by atoms with E-state index < -0.39 is 5.60 Å². The van der Waals surface area contributed by atoms with Gasteiger partial charge in [-0.3, -0.25) is 0 Å². The highest BCUT2D eigenvalue weighted by atomic mass is 16.3. The first-order valence-electron chi connectivity index (χ1n) is 5.45. The zero-order chi connectivity index (χ0) is 9.69. The summed E-state index contributed by atoms with van der Waals surface area (Å²) in [6.07, 6.45) is 4.82. The first-order valence-corrected chi connectivity index (χ1v) is 5.45. The Morgan fingerprint density at radius 3 is 1.77 bits per heavy atom. The molecule has 0 aromatic rings. The Labute approximate surface area is 80.5 Å². The summed E-state index contributed by atoms with van der Waals surface area (Å²) >= 11 is 0. The van der Waals surface area contributed by atoms with Crippen LogP contribution in [0, 0.1) is 17.3 Å². The zero-order valence-electron chi connectivity index (χ0n) is 8.71. The Morgan fingerprint density at radius 2 is 1.54 bits per heavy atom. The molecule has 13 heavy (non-hydrogen) atoms. The van der Waals surface area contributed by atoms with Crippen LogP contribution in [-0.4, -0.2) is 17.3 Å². The van der Waals surface area contributed by atoms with Crippen molar-refractivity contribution in [2.45, 2.75) is 45.1 Å². The van der Waals surface area contributed by atoms with Crippen LogP contribution in [0.15, 0.2) is 0 Å². The van der Waals surface area contributed by atoms with E-state index in [-0.39, 0.29) is 5.41 Å². The summed E-state index contributed by atoms with van der Waals surface area (Å²) in [4.78, 5) is 0. The van der Waals surface area contributed by atoms with Crippen molar-refractivity contribution in [3.05, 3.63) is 0 Å². The van der Waals surface area contributed by atoms with Gasteiger partial charge >= 0.3 is 0 Å². The third kappa shape index (κ3) is 1.31. The van der Waals surface area contributed by atoms with Crippen molar-refractivity contribution in [2.24, 2.45) is 23.0 Å². The monoisotopic (exact) mass is 183 g/mol. The SMILES string of the molecule is CC(C)(CN)C(O)(C1CC1)C1CC1. The molecule has 0 amide bonds. The van der Waals surface area contributed by atoms with Crippen LogP contribution in [0.4, 0.5) is 0 Å². The third-order valence-corrected chi connectivity index (χ3v) is 3.99. The number of hydrogen-bond acceptors (Lipinski definition) is 2. The van der Waals surface area contributed by atoms with Gasteiger partial charge in [-0.1, -0.05) is 13.8 Å². The molecular formula is C11H21NO. The van der Waals surface area contributed by atoms with Crippen molar-refractivity contribution in [3.8, 4) is 0 Å². The molecule has 0 aliphatic heterocycles. The number of hydrogen-bond donors (Lipinski definition) is 2. The lowest BCUT2D eigenvalue weighted by atomic mass is 9.69. The van der Waals surface area contributed by atoms with Gasteiger partial charge in [-0.05, 0) is 37.5 Å². The second-order valence-corrected chi connectivity index (χ2v) is 5.46. The fourth-order valence-corrected chi connectivity index (χ4v) is 2.65. The Balaban J connectivity index is 2.20. The Kier molecular flexibility index (Phi) is 1.97. The molecule has 0 bridgehead atoms. The summed E-state index contributed by atoms with van der Waals surface area (Å²) in [5, 5.41) is 10.7. The van der Waals surface area contributed by atoms with Gasteiger partial charge < -0.3 is 10.8 Å². The van der Waals surface area contributed by atoms with E-state index in [1.165, 1.54) is 25.7 Å². The summed E-state index contributed by atoms with van der Waals surface area (Å²) in [7, 11) is 0. The van der Waals surface area contributed by atoms with E-state index >= 15 is 0 Å². The molecule has 0 atom stereocenters. The molecule has 0 saturated heterocycles. The molecule has 0 spiro atoms. The van der Waals surface area contributed by atoms with Gasteiger partial charge in [0.15, 0.2) is 0 Å². The second-order valence-electron chi connectivity index (χ2n) is 5.46. The van der Waals surface area contributed by atoms with Crippen molar-refractivity contribution in [2.75, 3.05) is 6.54 Å². The van der Waals surface area contributed by atoms with Crippen molar-refractivity contribution in [1.29, 1.82) is 0 Å². The minimum Gasteiger partial charge on any atom is -0.389 e. The number of rotatable bonds is 4. The molecule has 0 heterocycles. The quantitative estimate of drug-likeness (QED) is 0.694. The van der Waals surface area contributed by atoms with E-state index in [9.17, 15) is 5.11 Å². The molecule has 2 fully saturated rings. The van der Waals surface area contributed by atoms with E-state index in [4.69, 9.17) is 5.73 Å². The van der Waals surface area contributed by atoms with Crippen molar-refractivity contribution >= 4 is 0 Å². The van der Waals surface area contributed by atoms with E-state index in [0.29, 0.717) is 18.4 Å². The maximum Gasteiger partial charge on any atom is 0.0766 e. The highest BCUT2D eigenvalue weighted by molar-refractivity contribution is 5.11. The van der Waals surface area contributed by atoms with Gasteiger partial charge in [0.2, 0.25) is 0 Å². The molecule has 2 aliphatic carbocycles. The average Bonchev–Trinajstić information content (AvgIpc) is 2.89. The molecule has 76 valence electrons. The van der Waals surface area contributed by atoms with Crippen LogP contribution in [0.3, 0.4) is 0 Å². The molecule has 2 rings (SSSR count). The molecule has 0 radical (unpaired) electrons. The standard InChI is InChI=1S/C11H21NO/c1-10(2,7-12)11(13,8-3-4-8)9-5-6-9/h8-9,13H,3-7,12H2,1-2H3. The molecule has 0 aromatic heterocycles. The first kappa shape index (κ1) is 9.47. The summed E-state index contributed by atoms with van der Waals surface area (Å²) < 4.78 is 0. The van der Waals surface area contributed by atoms with Crippen LogP contribution in [0.2, 0.25) is 0 Å². The lowest BCUT2D eigenvalue weighted by molar-refractivity contribution is -0.0993. The summed E-state index contributed by atoms with van der Waals surface area (Å²) in [5.41, 5.74) is 5.21. The number of aliphatic hydroxyl groups is 1. The van der Waals surface area contributed by atoms with Crippen molar-refractivity contribution < 1.29 is 5.11 Å². The molecular weight excluding hydrogens is 162 g/mol. The minimum absolute atomic E-state index is 0.102. The summed E-state index contributed by atoms with van der Waals surface area (Å²) in [6.45, 7) is 4.82. The topological polar surface area (TPSA) is 46.2 Å². The lowest BCUT2D eigenvalue weighted by Crippen LogP contribution is -2.52. The summed E-state index contributed by atoms with van der Waals surface area (Å²) in [5.74, 6) is 1.08. The molecule has 3 N–H and O–H groups in total. The predicted octanol–water partition coefficient (Wildman–Crippen LogP) is 1.52. The van der Waals surface area contributed by atoms with Gasteiger partial charge in [0.25, 0.3) is 0 Å². The second kappa shape index (κ2) is 2.71. The van der Waals surface area contributed by atoms with E-state index in [1.807, 2.05) is 0 Å². The highest BCUT2D eigenvalue weighted by Crippen LogP contribution is 2.58. The molecule has 2 aliphatic rings. The van der Waals surface area contributed by atoms with Crippen LogP contribution < -0.4 is 5.73 Å². The maximum absolute atomic E-state index is 10.7. The fraction of sp³-hybridized carbons (Fsp3) is 1.00. The van der Waals surface area contributed by atoms with Gasteiger partial charge in [-0.25, -0.2) is 0 Å². The van der Waals surface area contributed by atoms with Crippen LogP contribution >= 0.6 is 0 Å². The van der Waals surface area contributed by atoms with Crippen LogP contribution in [-0.2, 0) is 0 Å². The van der Waals surface area contributed by atoms with E-state index in [1.54, 1.807) is 0 Å². The Hall–Kier alpha value is -0.0800. The minimum atomic E-state index is -0.457. The number of nitrogens with two attached hydrogens (primary N) is 1. The van der Waals surface area contributed by atoms with Gasteiger partial charge in [0.1, 0.15) is 0 Å². The van der Waals surface area contributed by atoms with Crippen molar-refractivity contribution in [3.63, 3.8) is 0 Å². The summed E-state index contributed by atoms with van der Waals surface area (Å²) in [6, 6.07) is 0. The molecule has 0 aromatic carbocycles. The van der Waals surface area contributed by atoms with Gasteiger partial charge in [-0.2, -0.15) is 0 Å². The average molecular weight is 183 g/mol. The predicted molar refractivity (Wildman–Crippen MR) is 53.2 cm³/mol. The normalized spacial score (nSPS) is 24.9. The van der Waals surface area contributed by atoms with Gasteiger partial charge in [0, 0.05) is 12.0 Å². The van der Waals surface area contributed by atoms with Crippen molar-refractivity contribution in [1.82, 2.24) is 0 Å². The molecule has 0 unspecified atom stereocenters. The highest BCUT2D eigenvalue weighted by Gasteiger charge is 2.60. The molecule has 2 heteroatoms. The maximum atomic E-state index is 10.7. The van der Waals surface area contributed by atoms with Crippen LogP contribution in [0.25, 0.3) is 0 Å². The van der Waals surface area contributed by atoms with Gasteiger partial charge in [0.05, 0.1) is 5.60 Å². The van der Waals surface area contributed by atoms with Gasteiger partial charge in [-0.15, -0.1) is 0 Å². The van der Waals surface area contributed by atoms with Crippen LogP contribution in [0.1, 0.15) is 39.5 Å². The lowest BCUT2D eigenvalue weighted by Gasteiger charge is -2.43. The Bertz CT molecular complexity index is 192.